The van der Waals surface area contributed by atoms with Crippen LogP contribution in [0.25, 0.3) is 0 Å². The summed E-state index contributed by atoms with van der Waals surface area (Å²) in [6, 6.07) is 4.84. The number of amides is 3. The highest BCUT2D eigenvalue weighted by Crippen LogP contribution is 2.25. The molecule has 1 aliphatic rings. The lowest BCUT2D eigenvalue weighted by Crippen LogP contribution is -2.47. The van der Waals surface area contributed by atoms with Crippen molar-refractivity contribution in [2.24, 2.45) is 0 Å². The standard InChI is InChI=1S/C17H23Cl2N3O2/c1-11(14-8-7-12(18)9-15(14)19)20-10-16(23)22-17(24)21-13-5-3-2-4-6-13/h7-9,11,13,20H,2-6,10H2,1H3,(H2,21,22,23,24). The van der Waals surface area contributed by atoms with Crippen LogP contribution in [0.15, 0.2) is 18.2 Å². The molecule has 5 nitrogen and oxygen atoms in total. The largest absolute Gasteiger partial charge is 0.335 e. The van der Waals surface area contributed by atoms with Crippen LogP contribution in [0.2, 0.25) is 10.0 Å². The first kappa shape index (κ1) is 19.0. The number of nitrogens with one attached hydrogen (secondary N) is 3. The van der Waals surface area contributed by atoms with Gasteiger partial charge in [0.25, 0.3) is 0 Å². The SMILES string of the molecule is CC(NCC(=O)NC(=O)NC1CCCCC1)c1ccc(Cl)cc1Cl. The van der Waals surface area contributed by atoms with Crippen LogP contribution in [0.5, 0.6) is 0 Å². The van der Waals surface area contributed by atoms with Crippen molar-refractivity contribution in [2.75, 3.05) is 6.54 Å². The van der Waals surface area contributed by atoms with Crippen LogP contribution in [-0.4, -0.2) is 24.5 Å². The van der Waals surface area contributed by atoms with Gasteiger partial charge in [-0.05, 0) is 37.5 Å². The summed E-state index contributed by atoms with van der Waals surface area (Å²) >= 11 is 12.0. The van der Waals surface area contributed by atoms with Crippen LogP contribution < -0.4 is 16.0 Å². The number of imide groups is 1. The lowest BCUT2D eigenvalue weighted by Gasteiger charge is -2.22. The van der Waals surface area contributed by atoms with E-state index in [0.29, 0.717) is 10.0 Å². The Bertz CT molecular complexity index is 589. The predicted molar refractivity (Wildman–Crippen MR) is 96.4 cm³/mol. The highest BCUT2D eigenvalue weighted by molar-refractivity contribution is 6.35. The normalized spacial score (nSPS) is 16.5. The molecule has 0 radical (unpaired) electrons. The molecular formula is C17H23Cl2N3O2. The quantitative estimate of drug-likeness (QED) is 0.736. The van der Waals surface area contributed by atoms with Gasteiger partial charge in [0, 0.05) is 22.1 Å². The zero-order valence-electron chi connectivity index (χ0n) is 13.7. The lowest BCUT2D eigenvalue weighted by molar-refractivity contribution is -0.119. The molecule has 0 saturated heterocycles. The minimum atomic E-state index is -0.425. The molecule has 0 heterocycles. The summed E-state index contributed by atoms with van der Waals surface area (Å²) in [5.41, 5.74) is 0.848. The number of halogens is 2. The summed E-state index contributed by atoms with van der Waals surface area (Å²) in [6.07, 6.45) is 5.42. The Kier molecular flexibility index (Phi) is 7.34. The number of urea groups is 1. The fourth-order valence-electron chi connectivity index (χ4n) is 2.85. The van der Waals surface area contributed by atoms with Crippen molar-refractivity contribution in [3.05, 3.63) is 33.8 Å². The average molecular weight is 372 g/mol. The summed E-state index contributed by atoms with van der Waals surface area (Å²) in [5, 5.41) is 9.35. The molecule has 1 aromatic carbocycles. The van der Waals surface area contributed by atoms with Gasteiger partial charge in [-0.25, -0.2) is 4.79 Å². The molecule has 1 unspecified atom stereocenters. The molecule has 3 amide bonds. The molecule has 2 rings (SSSR count). The van der Waals surface area contributed by atoms with Crippen molar-refractivity contribution in [2.45, 2.75) is 51.1 Å². The monoisotopic (exact) mass is 371 g/mol. The highest BCUT2D eigenvalue weighted by atomic mass is 35.5. The molecule has 7 heteroatoms. The fourth-order valence-corrected chi connectivity index (χ4v) is 3.42. The van der Waals surface area contributed by atoms with Crippen LogP contribution >= 0.6 is 23.2 Å². The third-order valence-corrected chi connectivity index (χ3v) is 4.75. The molecule has 0 aromatic heterocycles. The van der Waals surface area contributed by atoms with Gasteiger partial charge in [0.05, 0.1) is 6.54 Å². The third-order valence-electron chi connectivity index (χ3n) is 4.19. The number of rotatable bonds is 5. The first-order valence-electron chi connectivity index (χ1n) is 8.24. The van der Waals surface area contributed by atoms with Gasteiger partial charge in [-0.15, -0.1) is 0 Å². The number of benzene rings is 1. The van der Waals surface area contributed by atoms with E-state index in [1.165, 1.54) is 6.42 Å². The summed E-state index contributed by atoms with van der Waals surface area (Å²) in [7, 11) is 0. The Morgan fingerprint density at radius 1 is 1.21 bits per heavy atom. The molecule has 0 aliphatic heterocycles. The molecule has 0 bridgehead atoms. The first-order chi connectivity index (χ1) is 11.5. The molecule has 1 aliphatic carbocycles. The zero-order chi connectivity index (χ0) is 17.5. The molecule has 0 spiro atoms. The van der Waals surface area contributed by atoms with Crippen LogP contribution in [0.1, 0.15) is 50.6 Å². The van der Waals surface area contributed by atoms with Crippen molar-refractivity contribution >= 4 is 35.1 Å². The van der Waals surface area contributed by atoms with Crippen molar-refractivity contribution in [3.8, 4) is 0 Å². The maximum Gasteiger partial charge on any atom is 0.321 e. The van der Waals surface area contributed by atoms with Gasteiger partial charge in [0.2, 0.25) is 5.91 Å². The minimum Gasteiger partial charge on any atom is -0.335 e. The first-order valence-corrected chi connectivity index (χ1v) is 9.00. The Morgan fingerprint density at radius 2 is 1.92 bits per heavy atom. The van der Waals surface area contributed by atoms with E-state index < -0.39 is 6.03 Å². The van der Waals surface area contributed by atoms with Crippen molar-refractivity contribution in [3.63, 3.8) is 0 Å². The van der Waals surface area contributed by atoms with E-state index in [2.05, 4.69) is 16.0 Å². The van der Waals surface area contributed by atoms with Crippen LogP contribution in [0, 0.1) is 0 Å². The highest BCUT2D eigenvalue weighted by Gasteiger charge is 2.17. The van der Waals surface area contributed by atoms with Gasteiger partial charge in [-0.1, -0.05) is 48.5 Å². The second-order valence-electron chi connectivity index (χ2n) is 6.12. The summed E-state index contributed by atoms with van der Waals surface area (Å²) < 4.78 is 0. The van der Waals surface area contributed by atoms with Crippen molar-refractivity contribution in [1.82, 2.24) is 16.0 Å². The second-order valence-corrected chi connectivity index (χ2v) is 6.97. The Labute approximate surface area is 152 Å². The Balaban J connectivity index is 1.74. The molecule has 1 atom stereocenters. The van der Waals surface area contributed by atoms with E-state index in [0.717, 1.165) is 31.2 Å². The topological polar surface area (TPSA) is 70.2 Å². The Hall–Kier alpha value is -1.30. The van der Waals surface area contributed by atoms with Gasteiger partial charge < -0.3 is 10.6 Å². The number of hydrogen-bond donors (Lipinski definition) is 3. The summed E-state index contributed by atoms with van der Waals surface area (Å²) in [5.74, 6) is -0.375. The van der Waals surface area contributed by atoms with Crippen LogP contribution in [0.4, 0.5) is 4.79 Å². The molecule has 1 aromatic rings. The molecule has 132 valence electrons. The fraction of sp³-hybridized carbons (Fsp3) is 0.529. The van der Waals surface area contributed by atoms with Crippen LogP contribution in [-0.2, 0) is 4.79 Å². The van der Waals surface area contributed by atoms with Gasteiger partial charge >= 0.3 is 6.03 Å². The van der Waals surface area contributed by atoms with E-state index in [4.69, 9.17) is 23.2 Å². The van der Waals surface area contributed by atoms with Gasteiger partial charge in [-0.2, -0.15) is 0 Å². The molecular weight excluding hydrogens is 349 g/mol. The van der Waals surface area contributed by atoms with Crippen LogP contribution in [0.3, 0.4) is 0 Å². The summed E-state index contributed by atoms with van der Waals surface area (Å²) in [6.45, 7) is 1.92. The predicted octanol–water partition coefficient (Wildman–Crippen LogP) is 3.80. The number of hydrogen-bond acceptors (Lipinski definition) is 3. The average Bonchev–Trinajstić information content (AvgIpc) is 2.53. The van der Waals surface area contributed by atoms with E-state index >= 15 is 0 Å². The molecule has 24 heavy (non-hydrogen) atoms. The minimum absolute atomic E-state index is 0.0260. The van der Waals surface area contributed by atoms with E-state index in [1.54, 1.807) is 12.1 Å². The zero-order valence-corrected chi connectivity index (χ0v) is 15.2. The van der Waals surface area contributed by atoms with E-state index in [1.807, 2.05) is 13.0 Å². The maximum absolute atomic E-state index is 11.9. The smallest absolute Gasteiger partial charge is 0.321 e. The lowest BCUT2D eigenvalue weighted by atomic mass is 9.96. The van der Waals surface area contributed by atoms with Crippen molar-refractivity contribution in [1.29, 1.82) is 0 Å². The summed E-state index contributed by atoms with van der Waals surface area (Å²) in [4.78, 5) is 23.7. The van der Waals surface area contributed by atoms with Crippen molar-refractivity contribution < 1.29 is 9.59 Å². The van der Waals surface area contributed by atoms with Gasteiger partial charge in [0.15, 0.2) is 0 Å². The second kappa shape index (κ2) is 9.25. The number of carbonyl (C=O) groups excluding carboxylic acids is 2. The Morgan fingerprint density at radius 3 is 2.58 bits per heavy atom. The van der Waals surface area contributed by atoms with Gasteiger partial charge in [-0.3, -0.25) is 10.1 Å². The van der Waals surface area contributed by atoms with Gasteiger partial charge in [0.1, 0.15) is 0 Å². The van der Waals surface area contributed by atoms with E-state index in [9.17, 15) is 9.59 Å². The van der Waals surface area contributed by atoms with E-state index in [-0.39, 0.29) is 24.5 Å². The molecule has 1 fully saturated rings. The number of carbonyl (C=O) groups is 2. The molecule has 1 saturated carbocycles. The maximum atomic E-state index is 11.9. The molecule has 3 N–H and O–H groups in total. The third kappa shape index (κ3) is 5.96.